The molecule has 0 aliphatic heterocycles. The molecule has 2 aromatic carbocycles. The number of carbonyl (C=O) groups excluding carboxylic acids is 1. The van der Waals surface area contributed by atoms with Crippen LogP contribution in [0.4, 0.5) is 0 Å². The summed E-state index contributed by atoms with van der Waals surface area (Å²) in [6.07, 6.45) is 0.875. The number of aromatic nitrogens is 2. The minimum absolute atomic E-state index is 0. The van der Waals surface area contributed by atoms with E-state index in [2.05, 4.69) is 10.00 Å². The molecule has 0 fully saturated rings. The molecule has 1 aromatic heterocycles. The van der Waals surface area contributed by atoms with Crippen LogP contribution in [-0.2, 0) is 0 Å². The molecule has 200 valence electrons. The number of benzene rings is 2. The Kier molecular flexibility index (Phi) is 12.0. The SMILES string of the molecule is COc1cccc(OC)c1-c1cc(C(=O)O)nn1-c1ccc(C(=O)N(C)CCCN(C)C)cc1C(C)C.[KH]. The van der Waals surface area contributed by atoms with E-state index in [-0.39, 0.29) is 68.9 Å². The molecule has 0 saturated heterocycles. The van der Waals surface area contributed by atoms with Gasteiger partial charge in [0.05, 0.1) is 31.2 Å². The number of aromatic carboxylic acids is 1. The van der Waals surface area contributed by atoms with Crippen LogP contribution in [-0.4, -0.2) is 136 Å². The summed E-state index contributed by atoms with van der Waals surface area (Å²) in [7, 11) is 8.92. The maximum atomic E-state index is 13.2. The monoisotopic (exact) mass is 548 g/mol. The van der Waals surface area contributed by atoms with Crippen LogP contribution >= 0.6 is 0 Å². The molecule has 3 rings (SSSR count). The van der Waals surface area contributed by atoms with E-state index in [0.717, 1.165) is 18.5 Å². The van der Waals surface area contributed by atoms with Crippen LogP contribution in [0.2, 0.25) is 0 Å². The molecule has 10 heteroatoms. The Bertz CT molecular complexity index is 1250. The molecule has 9 nitrogen and oxygen atoms in total. The predicted octanol–water partition coefficient (Wildman–Crippen LogP) is 3.75. The van der Waals surface area contributed by atoms with E-state index >= 15 is 0 Å². The molecule has 0 saturated carbocycles. The second kappa shape index (κ2) is 14.3. The molecule has 1 heterocycles. The predicted molar refractivity (Wildman–Crippen MR) is 150 cm³/mol. The Balaban J connectivity index is 0.00000507. The fourth-order valence-electron chi connectivity index (χ4n) is 4.24. The Labute approximate surface area is 267 Å². The first-order valence-corrected chi connectivity index (χ1v) is 12.2. The molecule has 0 spiro atoms. The molecule has 0 aliphatic rings. The van der Waals surface area contributed by atoms with Crippen molar-refractivity contribution in [1.82, 2.24) is 19.6 Å². The molecule has 38 heavy (non-hydrogen) atoms. The Hall–Kier alpha value is -2.21. The maximum absolute atomic E-state index is 13.2. The number of hydrogen-bond donors (Lipinski definition) is 1. The van der Waals surface area contributed by atoms with Gasteiger partial charge in [-0.3, -0.25) is 4.79 Å². The Morgan fingerprint density at radius 3 is 2.16 bits per heavy atom. The van der Waals surface area contributed by atoms with Gasteiger partial charge in [-0.2, -0.15) is 5.10 Å². The van der Waals surface area contributed by atoms with Gasteiger partial charge in [0.2, 0.25) is 0 Å². The molecule has 0 aliphatic carbocycles. The number of rotatable bonds is 11. The molecular formula is C28H37KN4O5. The van der Waals surface area contributed by atoms with Crippen LogP contribution in [0.3, 0.4) is 0 Å². The fraction of sp³-hybridized carbons (Fsp3) is 0.393. The molecule has 1 amide bonds. The number of carboxylic acid groups (broad SMARTS) is 1. The number of carbonyl (C=O) groups is 2. The van der Waals surface area contributed by atoms with Gasteiger partial charge < -0.3 is 24.4 Å². The van der Waals surface area contributed by atoms with Gasteiger partial charge in [0, 0.05) is 19.2 Å². The zero-order valence-corrected chi connectivity index (χ0v) is 22.6. The number of ether oxygens (including phenoxy) is 2. The van der Waals surface area contributed by atoms with Crippen molar-refractivity contribution in [2.45, 2.75) is 26.2 Å². The van der Waals surface area contributed by atoms with Gasteiger partial charge >= 0.3 is 57.4 Å². The van der Waals surface area contributed by atoms with Gasteiger partial charge in [0.25, 0.3) is 5.91 Å². The second-order valence-electron chi connectivity index (χ2n) is 9.48. The average molecular weight is 549 g/mol. The quantitative estimate of drug-likeness (QED) is 0.365. The van der Waals surface area contributed by atoms with E-state index in [4.69, 9.17) is 9.47 Å². The first kappa shape index (κ1) is 32.0. The first-order valence-electron chi connectivity index (χ1n) is 12.2. The zero-order chi connectivity index (χ0) is 27.3. The van der Waals surface area contributed by atoms with Crippen molar-refractivity contribution in [2.24, 2.45) is 0 Å². The fourth-order valence-corrected chi connectivity index (χ4v) is 4.24. The molecule has 0 radical (unpaired) electrons. The van der Waals surface area contributed by atoms with Gasteiger partial charge in [-0.1, -0.05) is 19.9 Å². The molecule has 0 unspecified atom stereocenters. The third-order valence-electron chi connectivity index (χ3n) is 6.18. The van der Waals surface area contributed by atoms with Crippen molar-refractivity contribution in [3.8, 4) is 28.4 Å². The van der Waals surface area contributed by atoms with E-state index in [9.17, 15) is 14.7 Å². The summed E-state index contributed by atoms with van der Waals surface area (Å²) >= 11 is 0. The van der Waals surface area contributed by atoms with Gasteiger partial charge in [-0.15, -0.1) is 0 Å². The summed E-state index contributed by atoms with van der Waals surface area (Å²) in [5.74, 6) is -0.132. The normalized spacial score (nSPS) is 10.9. The van der Waals surface area contributed by atoms with Crippen molar-refractivity contribution in [2.75, 3.05) is 48.5 Å². The summed E-state index contributed by atoms with van der Waals surface area (Å²) in [6.45, 7) is 5.60. The summed E-state index contributed by atoms with van der Waals surface area (Å²) in [6, 6.07) is 12.3. The number of nitrogens with zero attached hydrogens (tertiary/aromatic N) is 4. The topological polar surface area (TPSA) is 97.1 Å². The van der Waals surface area contributed by atoms with Crippen LogP contribution < -0.4 is 9.47 Å². The van der Waals surface area contributed by atoms with Crippen LogP contribution in [0.5, 0.6) is 11.5 Å². The van der Waals surface area contributed by atoms with Gasteiger partial charge in [-0.25, -0.2) is 9.48 Å². The summed E-state index contributed by atoms with van der Waals surface area (Å²) in [5.41, 5.74) is 3.09. The Morgan fingerprint density at radius 2 is 1.63 bits per heavy atom. The average Bonchev–Trinajstić information content (AvgIpc) is 3.32. The van der Waals surface area contributed by atoms with Crippen molar-refractivity contribution >= 4 is 63.3 Å². The van der Waals surface area contributed by atoms with E-state index < -0.39 is 5.97 Å². The van der Waals surface area contributed by atoms with Gasteiger partial charge in [-0.05, 0) is 74.9 Å². The van der Waals surface area contributed by atoms with Gasteiger partial charge in [0.15, 0.2) is 5.69 Å². The van der Waals surface area contributed by atoms with Crippen LogP contribution in [0.15, 0.2) is 42.5 Å². The standard InChI is InChI=1S/C28H36N4O5.K.H/c1-18(2)20-16-19(27(33)31(5)15-9-14-30(3)4)12-13-22(20)32-23(17-21(29-32)28(34)35)26-24(36-6)10-8-11-25(26)37-7;;/h8,10-13,16-18H,9,14-15H2,1-7H3,(H,34,35);;. The van der Waals surface area contributed by atoms with Crippen molar-refractivity contribution < 1.29 is 24.2 Å². The molecule has 0 atom stereocenters. The number of carboxylic acids is 1. The van der Waals surface area contributed by atoms with E-state index in [1.54, 1.807) is 55.1 Å². The van der Waals surface area contributed by atoms with Crippen LogP contribution in [0, 0.1) is 0 Å². The van der Waals surface area contributed by atoms with E-state index in [0.29, 0.717) is 40.6 Å². The van der Waals surface area contributed by atoms with Crippen molar-refractivity contribution in [1.29, 1.82) is 0 Å². The van der Waals surface area contributed by atoms with Gasteiger partial charge in [0.1, 0.15) is 11.5 Å². The van der Waals surface area contributed by atoms with E-state index in [1.807, 2.05) is 40.1 Å². The number of methoxy groups -OCH3 is 2. The Morgan fingerprint density at radius 1 is 1.00 bits per heavy atom. The number of hydrogen-bond acceptors (Lipinski definition) is 6. The number of amides is 1. The summed E-state index contributed by atoms with van der Waals surface area (Å²) in [5, 5.41) is 14.2. The summed E-state index contributed by atoms with van der Waals surface area (Å²) < 4.78 is 12.8. The zero-order valence-electron chi connectivity index (χ0n) is 22.6. The molecule has 3 aromatic rings. The van der Waals surface area contributed by atoms with Crippen molar-refractivity contribution in [3.05, 3.63) is 59.3 Å². The third kappa shape index (κ3) is 7.25. The first-order chi connectivity index (χ1) is 17.6. The minimum atomic E-state index is -1.15. The molecular weight excluding hydrogens is 511 g/mol. The second-order valence-corrected chi connectivity index (χ2v) is 9.48. The molecule has 0 bridgehead atoms. The molecule has 1 N–H and O–H groups in total. The van der Waals surface area contributed by atoms with Crippen LogP contribution in [0.1, 0.15) is 52.6 Å². The third-order valence-corrected chi connectivity index (χ3v) is 6.18. The van der Waals surface area contributed by atoms with Crippen LogP contribution in [0.25, 0.3) is 16.9 Å². The summed E-state index contributed by atoms with van der Waals surface area (Å²) in [4.78, 5) is 28.9. The van der Waals surface area contributed by atoms with Crippen molar-refractivity contribution in [3.63, 3.8) is 0 Å². The van der Waals surface area contributed by atoms with E-state index in [1.165, 1.54) is 6.07 Å².